The molecule has 0 spiro atoms. The molecule has 4 aromatic rings. The highest BCUT2D eigenvalue weighted by Gasteiger charge is 2.28. The molecule has 0 bridgehead atoms. The maximum atomic E-state index is 13.0. The van der Waals surface area contributed by atoms with Gasteiger partial charge in [-0.1, -0.05) is 60.7 Å². The molecule has 0 fully saturated rings. The molecule has 4 rings (SSSR count). The van der Waals surface area contributed by atoms with E-state index in [4.69, 9.17) is 8.37 Å². The molecule has 34 heavy (non-hydrogen) atoms. The van der Waals surface area contributed by atoms with Crippen molar-refractivity contribution in [2.24, 2.45) is 0 Å². The first-order chi connectivity index (χ1) is 16.0. The molecular formula is C28H30O4S2. The van der Waals surface area contributed by atoms with E-state index in [9.17, 15) is 8.42 Å². The van der Waals surface area contributed by atoms with Crippen molar-refractivity contribution in [1.29, 1.82) is 0 Å². The van der Waals surface area contributed by atoms with Crippen LogP contribution in [0.2, 0.25) is 0 Å². The van der Waals surface area contributed by atoms with E-state index in [1.807, 2.05) is 114 Å². The summed E-state index contributed by atoms with van der Waals surface area (Å²) in [5.74, 6) is 0.990. The number of benzene rings is 4. The Morgan fingerprint density at radius 3 is 1.24 bits per heavy atom. The number of fused-ring (bicyclic) bond motifs is 2. The minimum Gasteiger partial charge on any atom is -0.399 e. The minimum atomic E-state index is -1.58. The molecule has 4 nitrogen and oxygen atoms in total. The van der Waals surface area contributed by atoms with E-state index in [1.165, 1.54) is 0 Å². The van der Waals surface area contributed by atoms with Gasteiger partial charge in [-0.2, -0.15) is 0 Å². The third kappa shape index (κ3) is 4.89. The summed E-state index contributed by atoms with van der Waals surface area (Å²) in [6.07, 6.45) is 0. The Balaban J connectivity index is 2.06. The van der Waals surface area contributed by atoms with Gasteiger partial charge in [-0.25, -0.2) is 8.42 Å². The Morgan fingerprint density at radius 2 is 0.882 bits per heavy atom. The highest BCUT2D eigenvalue weighted by Crippen LogP contribution is 2.46. The lowest BCUT2D eigenvalue weighted by Gasteiger charge is -2.23. The first kappa shape index (κ1) is 24.4. The highest BCUT2D eigenvalue weighted by molar-refractivity contribution is 7.82. The summed E-state index contributed by atoms with van der Waals surface area (Å²) in [5.41, 5.74) is 1.54. The monoisotopic (exact) mass is 494 g/mol. The summed E-state index contributed by atoms with van der Waals surface area (Å²) in [4.78, 5) is 0. The molecular weight excluding hydrogens is 464 g/mol. The van der Waals surface area contributed by atoms with Gasteiger partial charge in [0.05, 0.1) is 9.49 Å². The third-order valence-corrected chi connectivity index (χ3v) is 8.02. The fourth-order valence-electron chi connectivity index (χ4n) is 3.57. The first-order valence-corrected chi connectivity index (χ1v) is 13.4. The third-order valence-electron chi connectivity index (χ3n) is 5.36. The molecule has 0 aromatic heterocycles. The Morgan fingerprint density at radius 1 is 0.529 bits per heavy atom. The van der Waals surface area contributed by atoms with Crippen molar-refractivity contribution in [2.75, 3.05) is 0 Å². The molecule has 0 aliphatic heterocycles. The smallest absolute Gasteiger partial charge is 0.212 e. The summed E-state index contributed by atoms with van der Waals surface area (Å²) in [6.45, 7) is 11.3. The molecule has 0 saturated heterocycles. The van der Waals surface area contributed by atoms with Crippen molar-refractivity contribution in [2.45, 2.75) is 51.0 Å². The number of rotatable bonds is 5. The average Bonchev–Trinajstić information content (AvgIpc) is 2.78. The topological polar surface area (TPSA) is 52.6 Å². The quantitative estimate of drug-likeness (QED) is 0.291. The van der Waals surface area contributed by atoms with Crippen molar-refractivity contribution in [3.05, 3.63) is 72.8 Å². The fraction of sp³-hybridized carbons (Fsp3) is 0.286. The Kier molecular flexibility index (Phi) is 6.58. The molecule has 2 unspecified atom stereocenters. The van der Waals surface area contributed by atoms with Crippen LogP contribution in [0, 0.1) is 0 Å². The van der Waals surface area contributed by atoms with Gasteiger partial charge in [0.2, 0.25) is 22.2 Å². The molecule has 0 radical (unpaired) electrons. The van der Waals surface area contributed by atoms with Crippen LogP contribution in [0.5, 0.6) is 11.5 Å². The predicted molar refractivity (Wildman–Crippen MR) is 144 cm³/mol. The van der Waals surface area contributed by atoms with Crippen LogP contribution in [0.1, 0.15) is 41.5 Å². The number of hydrogen-bond donors (Lipinski definition) is 0. The summed E-state index contributed by atoms with van der Waals surface area (Å²) in [7, 11) is 0. The van der Waals surface area contributed by atoms with E-state index >= 15 is 0 Å². The van der Waals surface area contributed by atoms with E-state index < -0.39 is 31.7 Å². The standard InChI is InChI=1S/C28H30O4S2/c1-27(2,3)33(29)31-23-17-15-19-11-7-9-13-21(19)25(23)26-22-14-10-8-12-20(22)16-18-24(26)32-34(30)28(4,5)6/h7-18H,1-6H3. The van der Waals surface area contributed by atoms with Gasteiger partial charge < -0.3 is 8.37 Å². The second kappa shape index (κ2) is 9.16. The van der Waals surface area contributed by atoms with Crippen molar-refractivity contribution in [3.8, 4) is 22.6 Å². The Labute approximate surface area is 206 Å². The van der Waals surface area contributed by atoms with Crippen LogP contribution in [-0.2, 0) is 22.2 Å². The second-order valence-corrected chi connectivity index (χ2v) is 13.9. The van der Waals surface area contributed by atoms with Crippen LogP contribution >= 0.6 is 0 Å². The van der Waals surface area contributed by atoms with Crippen LogP contribution < -0.4 is 8.37 Å². The van der Waals surface area contributed by atoms with Gasteiger partial charge in [-0.05, 0) is 75.2 Å². The molecule has 0 aliphatic carbocycles. The lowest BCUT2D eigenvalue weighted by molar-refractivity contribution is 0.526. The van der Waals surface area contributed by atoms with Crippen LogP contribution in [0.3, 0.4) is 0 Å². The summed E-state index contributed by atoms with van der Waals surface area (Å²) >= 11 is -3.16. The van der Waals surface area contributed by atoms with E-state index in [1.54, 1.807) is 0 Å². The minimum absolute atomic E-state index is 0.495. The molecule has 4 aromatic carbocycles. The van der Waals surface area contributed by atoms with Gasteiger partial charge in [0, 0.05) is 11.1 Å². The van der Waals surface area contributed by atoms with E-state index in [0.29, 0.717) is 11.5 Å². The van der Waals surface area contributed by atoms with Crippen LogP contribution in [0.4, 0.5) is 0 Å². The van der Waals surface area contributed by atoms with Crippen LogP contribution in [0.15, 0.2) is 72.8 Å². The molecule has 2 atom stereocenters. The predicted octanol–water partition coefficient (Wildman–Crippen LogP) is 7.34. The maximum absolute atomic E-state index is 13.0. The van der Waals surface area contributed by atoms with Crippen molar-refractivity contribution in [1.82, 2.24) is 0 Å². The normalized spacial score (nSPS) is 14.2. The molecule has 0 N–H and O–H groups in total. The SMILES string of the molecule is CC(C)(C)S(=O)Oc1ccc2ccccc2c1-c1c(OS(=O)C(C)(C)C)ccc2ccccc12. The summed E-state index contributed by atoms with van der Waals surface area (Å²) in [6, 6.07) is 23.6. The van der Waals surface area contributed by atoms with Crippen molar-refractivity contribution in [3.63, 3.8) is 0 Å². The van der Waals surface area contributed by atoms with Gasteiger partial charge >= 0.3 is 0 Å². The number of hydrogen-bond acceptors (Lipinski definition) is 4. The van der Waals surface area contributed by atoms with Crippen LogP contribution in [0.25, 0.3) is 32.7 Å². The summed E-state index contributed by atoms with van der Waals surface area (Å²) < 4.78 is 37.1. The summed E-state index contributed by atoms with van der Waals surface area (Å²) in [5, 5.41) is 3.91. The second-order valence-electron chi connectivity index (χ2n) is 10.2. The van der Waals surface area contributed by atoms with Gasteiger partial charge in [-0.15, -0.1) is 0 Å². The highest BCUT2D eigenvalue weighted by atomic mass is 32.2. The van der Waals surface area contributed by atoms with E-state index in [2.05, 4.69) is 0 Å². The van der Waals surface area contributed by atoms with E-state index in [-0.39, 0.29) is 0 Å². The van der Waals surface area contributed by atoms with E-state index in [0.717, 1.165) is 32.7 Å². The van der Waals surface area contributed by atoms with Gasteiger partial charge in [0.1, 0.15) is 11.5 Å². The maximum Gasteiger partial charge on any atom is 0.212 e. The average molecular weight is 495 g/mol. The van der Waals surface area contributed by atoms with Gasteiger partial charge in [0.25, 0.3) is 0 Å². The Hall–Kier alpha value is -2.70. The van der Waals surface area contributed by atoms with Gasteiger partial charge in [-0.3, -0.25) is 0 Å². The fourth-order valence-corrected chi connectivity index (χ4v) is 4.67. The first-order valence-electron chi connectivity index (χ1n) is 11.2. The molecule has 0 heterocycles. The zero-order valence-electron chi connectivity index (χ0n) is 20.4. The molecule has 6 heteroatoms. The zero-order chi connectivity index (χ0) is 24.7. The largest absolute Gasteiger partial charge is 0.399 e. The zero-order valence-corrected chi connectivity index (χ0v) is 22.0. The van der Waals surface area contributed by atoms with Crippen LogP contribution in [-0.4, -0.2) is 17.9 Å². The lowest BCUT2D eigenvalue weighted by atomic mass is 9.92. The molecule has 0 aliphatic rings. The van der Waals surface area contributed by atoms with Crippen molar-refractivity contribution >= 4 is 43.7 Å². The molecule has 0 saturated carbocycles. The van der Waals surface area contributed by atoms with Crippen molar-refractivity contribution < 1.29 is 16.8 Å². The lowest BCUT2D eigenvalue weighted by Crippen LogP contribution is -2.26. The van der Waals surface area contributed by atoms with Gasteiger partial charge in [0.15, 0.2) is 0 Å². The molecule has 0 amide bonds. The molecule has 178 valence electrons. The Bertz CT molecular complexity index is 1300.